The van der Waals surface area contributed by atoms with Gasteiger partial charge in [-0.2, -0.15) is 0 Å². The van der Waals surface area contributed by atoms with Crippen LogP contribution in [0.2, 0.25) is 0 Å². The van der Waals surface area contributed by atoms with Crippen molar-refractivity contribution in [2.24, 2.45) is 0 Å². The first-order valence-electron chi connectivity index (χ1n) is 9.06. The van der Waals surface area contributed by atoms with Crippen molar-refractivity contribution in [2.45, 2.75) is 37.6 Å². The van der Waals surface area contributed by atoms with Gasteiger partial charge < -0.3 is 5.32 Å². The summed E-state index contributed by atoms with van der Waals surface area (Å²) >= 11 is 1.28. The molecule has 28 heavy (non-hydrogen) atoms. The highest BCUT2D eigenvalue weighted by molar-refractivity contribution is 8.00. The van der Waals surface area contributed by atoms with E-state index in [-0.39, 0.29) is 16.9 Å². The quantitative estimate of drug-likeness (QED) is 0.459. The van der Waals surface area contributed by atoms with E-state index in [1.54, 1.807) is 31.2 Å². The van der Waals surface area contributed by atoms with E-state index < -0.39 is 0 Å². The van der Waals surface area contributed by atoms with Crippen LogP contribution in [0.4, 0.5) is 5.69 Å². The van der Waals surface area contributed by atoms with Crippen LogP contribution >= 0.6 is 11.8 Å². The summed E-state index contributed by atoms with van der Waals surface area (Å²) in [5, 5.41) is 10.1. The van der Waals surface area contributed by atoms with Crippen molar-refractivity contribution in [3.05, 3.63) is 59.7 Å². The van der Waals surface area contributed by atoms with E-state index in [2.05, 4.69) is 39.6 Å². The summed E-state index contributed by atoms with van der Waals surface area (Å²) in [6, 6.07) is 15.0. The van der Waals surface area contributed by atoms with Gasteiger partial charge >= 0.3 is 0 Å². The number of ketones is 1. The van der Waals surface area contributed by atoms with E-state index in [4.69, 9.17) is 0 Å². The van der Waals surface area contributed by atoms with E-state index in [0.717, 1.165) is 12.0 Å². The van der Waals surface area contributed by atoms with E-state index >= 15 is 0 Å². The van der Waals surface area contributed by atoms with Gasteiger partial charge in [0.2, 0.25) is 11.1 Å². The number of anilines is 1. The Bertz CT molecular complexity index is 965. The second-order valence-corrected chi connectivity index (χ2v) is 7.71. The van der Waals surface area contributed by atoms with Gasteiger partial charge in [-0.1, -0.05) is 43.0 Å². The summed E-state index contributed by atoms with van der Waals surface area (Å²) in [4.78, 5) is 28.2. The molecule has 144 valence electrons. The Hall–Kier alpha value is -2.93. The van der Waals surface area contributed by atoms with Gasteiger partial charge in [0, 0.05) is 16.8 Å². The molecule has 0 aliphatic heterocycles. The van der Waals surface area contributed by atoms with E-state index in [9.17, 15) is 9.59 Å². The number of hydrogen-bond acceptors (Lipinski definition) is 5. The van der Waals surface area contributed by atoms with Crippen molar-refractivity contribution in [1.82, 2.24) is 15.2 Å². The molecule has 1 atom stereocenters. The normalized spacial score (nSPS) is 11.8. The summed E-state index contributed by atoms with van der Waals surface area (Å²) in [6.45, 7) is 5.42. The molecular formula is C21H22N4O2S. The largest absolute Gasteiger partial charge is 0.325 e. The molecule has 0 aliphatic carbocycles. The molecule has 0 spiro atoms. The van der Waals surface area contributed by atoms with Crippen LogP contribution in [0.3, 0.4) is 0 Å². The van der Waals surface area contributed by atoms with Gasteiger partial charge in [0.1, 0.15) is 0 Å². The zero-order chi connectivity index (χ0) is 20.1. The van der Waals surface area contributed by atoms with Crippen molar-refractivity contribution < 1.29 is 9.59 Å². The van der Waals surface area contributed by atoms with Gasteiger partial charge in [-0.25, -0.2) is 4.98 Å². The summed E-state index contributed by atoms with van der Waals surface area (Å²) in [6.07, 6.45) is 0.988. The first-order chi connectivity index (χ1) is 13.5. The van der Waals surface area contributed by atoms with Crippen molar-refractivity contribution in [2.75, 3.05) is 5.32 Å². The third-order valence-electron chi connectivity index (χ3n) is 4.31. The molecule has 3 rings (SSSR count). The molecule has 3 aromatic rings. The fraction of sp³-hybridized carbons (Fsp3) is 0.238. The molecule has 2 aromatic carbocycles. The lowest BCUT2D eigenvalue weighted by atomic mass is 10.1. The zero-order valence-corrected chi connectivity index (χ0v) is 16.8. The number of nitrogens with zero attached hydrogens (tertiary/aromatic N) is 2. The predicted octanol–water partition coefficient (Wildman–Crippen LogP) is 4.36. The monoisotopic (exact) mass is 394 g/mol. The highest BCUT2D eigenvalue weighted by Gasteiger charge is 2.18. The van der Waals surface area contributed by atoms with Crippen LogP contribution in [-0.4, -0.2) is 32.1 Å². The fourth-order valence-electron chi connectivity index (χ4n) is 2.57. The molecule has 0 saturated heterocycles. The molecule has 6 nitrogen and oxygen atoms in total. The van der Waals surface area contributed by atoms with Crippen LogP contribution in [0, 0.1) is 0 Å². The molecule has 1 aromatic heterocycles. The summed E-state index contributed by atoms with van der Waals surface area (Å²) in [7, 11) is 0. The van der Waals surface area contributed by atoms with Gasteiger partial charge in [0.05, 0.1) is 5.25 Å². The van der Waals surface area contributed by atoms with E-state index in [1.807, 2.05) is 12.1 Å². The maximum atomic E-state index is 12.4. The molecule has 2 N–H and O–H groups in total. The van der Waals surface area contributed by atoms with Crippen molar-refractivity contribution in [3.63, 3.8) is 0 Å². The van der Waals surface area contributed by atoms with Gasteiger partial charge in [-0.05, 0) is 50.1 Å². The number of Topliss-reactive ketones (excluding diaryl/α,β-unsaturated/α-hetero) is 1. The maximum Gasteiger partial charge on any atom is 0.237 e. The number of thioether (sulfide) groups is 1. The van der Waals surface area contributed by atoms with Crippen LogP contribution in [0.25, 0.3) is 11.4 Å². The number of aromatic amines is 1. The summed E-state index contributed by atoms with van der Waals surface area (Å²) < 4.78 is 0. The van der Waals surface area contributed by atoms with Gasteiger partial charge in [-0.15, -0.1) is 5.10 Å². The van der Waals surface area contributed by atoms with E-state index in [0.29, 0.717) is 22.2 Å². The Balaban J connectivity index is 1.60. The Morgan fingerprint density at radius 1 is 1.11 bits per heavy atom. The van der Waals surface area contributed by atoms with Gasteiger partial charge in [0.25, 0.3) is 0 Å². The number of aromatic nitrogens is 3. The van der Waals surface area contributed by atoms with Crippen molar-refractivity contribution in [1.29, 1.82) is 0 Å². The average Bonchev–Trinajstić information content (AvgIpc) is 3.17. The highest BCUT2D eigenvalue weighted by atomic mass is 32.2. The number of rotatable bonds is 7. The maximum absolute atomic E-state index is 12.4. The number of carbonyl (C=O) groups excluding carboxylic acids is 2. The summed E-state index contributed by atoms with van der Waals surface area (Å²) in [5.41, 5.74) is 3.48. The molecule has 0 fully saturated rings. The molecule has 0 radical (unpaired) electrons. The number of benzene rings is 2. The second-order valence-electron chi connectivity index (χ2n) is 6.40. The Morgan fingerprint density at radius 3 is 2.39 bits per heavy atom. The van der Waals surface area contributed by atoms with Crippen LogP contribution in [0.5, 0.6) is 0 Å². The first kappa shape index (κ1) is 19.8. The number of aryl methyl sites for hydroxylation is 1. The van der Waals surface area contributed by atoms with Crippen LogP contribution in [0.1, 0.15) is 36.7 Å². The minimum Gasteiger partial charge on any atom is -0.325 e. The molecule has 0 aliphatic rings. The first-order valence-corrected chi connectivity index (χ1v) is 9.94. The Morgan fingerprint density at radius 2 is 1.79 bits per heavy atom. The molecule has 7 heteroatoms. The lowest BCUT2D eigenvalue weighted by Gasteiger charge is -2.10. The van der Waals surface area contributed by atoms with Gasteiger partial charge in [-0.3, -0.25) is 14.7 Å². The average molecular weight is 395 g/mol. The molecular weight excluding hydrogens is 372 g/mol. The number of hydrogen-bond donors (Lipinski definition) is 2. The number of amides is 1. The molecule has 1 amide bonds. The van der Waals surface area contributed by atoms with Gasteiger partial charge in [0.15, 0.2) is 11.6 Å². The molecule has 0 saturated carbocycles. The lowest BCUT2D eigenvalue weighted by molar-refractivity contribution is -0.115. The number of carbonyl (C=O) groups is 2. The third-order valence-corrected chi connectivity index (χ3v) is 5.27. The Kier molecular flexibility index (Phi) is 6.26. The standard InChI is InChI=1S/C21H22N4O2S/c1-4-15-5-7-17(8-6-15)19-23-21(25-24-19)28-14(3)20(27)22-18-11-9-16(10-12-18)13(2)26/h5-12,14H,4H2,1-3H3,(H,22,27)(H,23,24,25)/t14-/m1/s1. The molecule has 0 unspecified atom stereocenters. The predicted molar refractivity (Wildman–Crippen MR) is 112 cm³/mol. The number of H-pyrrole nitrogens is 1. The topological polar surface area (TPSA) is 87.7 Å². The van der Waals surface area contributed by atoms with Crippen molar-refractivity contribution in [3.8, 4) is 11.4 Å². The molecule has 1 heterocycles. The summed E-state index contributed by atoms with van der Waals surface area (Å²) in [5.74, 6) is 0.517. The zero-order valence-electron chi connectivity index (χ0n) is 16.0. The van der Waals surface area contributed by atoms with Crippen LogP contribution in [-0.2, 0) is 11.2 Å². The van der Waals surface area contributed by atoms with Crippen molar-refractivity contribution >= 4 is 29.1 Å². The minimum atomic E-state index is -0.376. The lowest BCUT2D eigenvalue weighted by Crippen LogP contribution is -2.22. The minimum absolute atomic E-state index is 0.00783. The van der Waals surface area contributed by atoms with Crippen LogP contribution < -0.4 is 5.32 Å². The second kappa shape index (κ2) is 8.84. The van der Waals surface area contributed by atoms with Crippen LogP contribution in [0.15, 0.2) is 53.7 Å². The smallest absolute Gasteiger partial charge is 0.237 e. The fourth-order valence-corrected chi connectivity index (χ4v) is 3.29. The Labute approximate surface area is 168 Å². The SMILES string of the molecule is CCc1ccc(-c2nc(S[C@H](C)C(=O)Nc3ccc(C(C)=O)cc3)n[nH]2)cc1. The molecule has 0 bridgehead atoms. The number of nitrogens with one attached hydrogen (secondary N) is 2. The highest BCUT2D eigenvalue weighted by Crippen LogP contribution is 2.24. The third kappa shape index (κ3) is 4.86. The van der Waals surface area contributed by atoms with E-state index in [1.165, 1.54) is 24.2 Å².